The summed E-state index contributed by atoms with van der Waals surface area (Å²) >= 11 is 0. The van der Waals surface area contributed by atoms with E-state index in [0.29, 0.717) is 11.3 Å². The summed E-state index contributed by atoms with van der Waals surface area (Å²) < 4.78 is 42.3. The minimum atomic E-state index is -4.87. The molecule has 1 aliphatic rings. The van der Waals surface area contributed by atoms with Crippen LogP contribution < -0.4 is 4.74 Å². The number of hydrogen-bond acceptors (Lipinski definition) is 9. The number of aliphatic hydroxyl groups is 3. The van der Waals surface area contributed by atoms with Crippen LogP contribution in [0, 0.1) is 0 Å². The molecule has 5 atom stereocenters. The Morgan fingerprint density at radius 3 is 2.42 bits per heavy atom. The fraction of sp³-hybridized carbons (Fsp3) is 0.333. The van der Waals surface area contributed by atoms with Gasteiger partial charge in [-0.25, -0.2) is 0 Å². The van der Waals surface area contributed by atoms with Crippen LogP contribution in [0.15, 0.2) is 42.9 Å². The van der Waals surface area contributed by atoms with Crippen molar-refractivity contribution in [3.8, 4) is 17.0 Å². The van der Waals surface area contributed by atoms with E-state index in [9.17, 15) is 23.7 Å². The number of aliphatic hydroxyl groups excluding tert-OH is 3. The molecule has 3 rings (SSSR count). The Kier molecular flexibility index (Phi) is 5.18. The fourth-order valence-electron chi connectivity index (χ4n) is 2.49. The van der Waals surface area contributed by atoms with E-state index in [1.165, 1.54) is 24.5 Å². The van der Waals surface area contributed by atoms with Gasteiger partial charge in [0.05, 0.1) is 0 Å². The van der Waals surface area contributed by atoms with Crippen molar-refractivity contribution in [1.82, 2.24) is 9.97 Å². The van der Waals surface area contributed by atoms with Crippen LogP contribution in [-0.2, 0) is 14.9 Å². The Labute approximate surface area is 148 Å². The first kappa shape index (κ1) is 18.6. The van der Waals surface area contributed by atoms with Crippen molar-refractivity contribution < 1.29 is 37.8 Å². The number of nitrogens with zero attached hydrogens (tertiary/aromatic N) is 2. The maximum absolute atomic E-state index is 11.3. The van der Waals surface area contributed by atoms with Gasteiger partial charge < -0.3 is 24.8 Å². The Hall–Kier alpha value is -2.15. The highest BCUT2D eigenvalue weighted by Gasteiger charge is 2.50. The maximum atomic E-state index is 11.3. The van der Waals surface area contributed by atoms with E-state index in [4.69, 9.17) is 14.0 Å². The average Bonchev–Trinajstić information content (AvgIpc) is 2.62. The minimum Gasteiger partial charge on any atom is -0.460 e. The van der Waals surface area contributed by atoms with E-state index in [-0.39, 0.29) is 5.75 Å². The normalized spacial score (nSPS) is 29.3. The zero-order valence-electron chi connectivity index (χ0n) is 13.2. The predicted octanol–water partition coefficient (Wildman–Crippen LogP) is -0.825. The third-order valence-electron chi connectivity index (χ3n) is 3.77. The van der Waals surface area contributed by atoms with Gasteiger partial charge in [0.1, 0.15) is 29.8 Å². The summed E-state index contributed by atoms with van der Waals surface area (Å²) in [7, 11) is -4.87. The Balaban J connectivity index is 1.91. The first-order chi connectivity index (χ1) is 12.3. The van der Waals surface area contributed by atoms with Gasteiger partial charge in [0.2, 0.25) is 11.7 Å². The molecular weight excluding hydrogens is 368 g/mol. The number of ether oxygens (including phenoxy) is 2. The minimum absolute atomic E-state index is 0.113. The molecule has 1 unspecified atom stereocenters. The Morgan fingerprint density at radius 1 is 1.04 bits per heavy atom. The molecule has 2 aromatic heterocycles. The van der Waals surface area contributed by atoms with E-state index < -0.39 is 40.2 Å². The summed E-state index contributed by atoms with van der Waals surface area (Å²) in [6.45, 7) is 0. The molecule has 0 saturated carbocycles. The van der Waals surface area contributed by atoms with Gasteiger partial charge in [-0.15, -0.1) is 0 Å². The van der Waals surface area contributed by atoms with Crippen LogP contribution in [0.4, 0.5) is 0 Å². The summed E-state index contributed by atoms with van der Waals surface area (Å²) in [4.78, 5) is 8.13. The van der Waals surface area contributed by atoms with Crippen molar-refractivity contribution in [3.63, 3.8) is 0 Å². The second-order valence-corrected chi connectivity index (χ2v) is 7.06. The first-order valence-corrected chi connectivity index (χ1v) is 8.97. The summed E-state index contributed by atoms with van der Waals surface area (Å²) in [5.41, 5.74) is -1.26. The molecule has 140 valence electrons. The lowest BCUT2D eigenvalue weighted by Crippen LogP contribution is -2.61. The summed E-state index contributed by atoms with van der Waals surface area (Å²) in [6, 6.07) is 6.41. The zero-order valence-corrected chi connectivity index (χ0v) is 14.0. The van der Waals surface area contributed by atoms with Crippen molar-refractivity contribution in [3.05, 3.63) is 42.9 Å². The number of pyridine rings is 2. The van der Waals surface area contributed by atoms with Crippen LogP contribution >= 0.6 is 0 Å². The third kappa shape index (κ3) is 3.67. The predicted molar refractivity (Wildman–Crippen MR) is 86.3 cm³/mol. The van der Waals surface area contributed by atoms with Gasteiger partial charge in [0.15, 0.2) is 0 Å². The van der Waals surface area contributed by atoms with Gasteiger partial charge in [-0.05, 0) is 24.3 Å². The molecule has 0 bridgehead atoms. The zero-order chi connectivity index (χ0) is 18.9. The number of rotatable bonds is 4. The molecule has 1 fully saturated rings. The van der Waals surface area contributed by atoms with E-state index in [1.54, 1.807) is 18.3 Å². The van der Waals surface area contributed by atoms with Crippen LogP contribution in [-0.4, -0.2) is 68.3 Å². The van der Waals surface area contributed by atoms with E-state index in [0.717, 1.165) is 0 Å². The molecule has 1 saturated heterocycles. The van der Waals surface area contributed by atoms with Crippen LogP contribution in [0.3, 0.4) is 0 Å². The highest BCUT2D eigenvalue weighted by atomic mass is 32.2. The molecular formula is C15H16N2O8S. The first-order valence-electron chi connectivity index (χ1n) is 7.47. The standard InChI is InChI=1S/C15H16N2O8S/c18-11-12(19)14(25-15(13(11)20)26(21,22)23)24-9-4-2-6-17-10(9)8-3-1-5-16-7-8/h1-7,11-15,18-20H,(H,21,22,23)/t11-,12-,13+,14-,15?/m1/s1. The molecule has 10 nitrogen and oxygen atoms in total. The van der Waals surface area contributed by atoms with E-state index >= 15 is 0 Å². The SMILES string of the molecule is O=S(=O)(O)C1O[C@@H](Oc2cccnc2-c2cccnc2)[C@H](O)[C@@H](O)[C@@H]1O. The van der Waals surface area contributed by atoms with Gasteiger partial charge in [-0.3, -0.25) is 14.5 Å². The lowest BCUT2D eigenvalue weighted by molar-refractivity contribution is -0.254. The Bertz CT molecular complexity index is 863. The third-order valence-corrected chi connectivity index (χ3v) is 4.75. The molecule has 3 heterocycles. The van der Waals surface area contributed by atoms with Crippen molar-refractivity contribution in [2.45, 2.75) is 30.0 Å². The second-order valence-electron chi connectivity index (χ2n) is 5.57. The summed E-state index contributed by atoms with van der Waals surface area (Å²) in [5, 5.41) is 29.6. The van der Waals surface area contributed by atoms with E-state index in [2.05, 4.69) is 9.97 Å². The van der Waals surface area contributed by atoms with Gasteiger partial charge in [0, 0.05) is 24.2 Å². The van der Waals surface area contributed by atoms with Gasteiger partial charge in [0.25, 0.3) is 10.1 Å². The maximum Gasteiger partial charge on any atom is 0.295 e. The molecule has 0 aromatic carbocycles. The van der Waals surface area contributed by atoms with Crippen molar-refractivity contribution in [2.75, 3.05) is 0 Å². The van der Waals surface area contributed by atoms with Gasteiger partial charge in [-0.1, -0.05) is 0 Å². The van der Waals surface area contributed by atoms with Crippen LogP contribution in [0.1, 0.15) is 0 Å². The highest BCUT2D eigenvalue weighted by Crippen LogP contribution is 2.31. The van der Waals surface area contributed by atoms with Crippen molar-refractivity contribution in [1.29, 1.82) is 0 Å². The number of hydrogen-bond donors (Lipinski definition) is 4. The summed E-state index contributed by atoms with van der Waals surface area (Å²) in [6.07, 6.45) is -2.84. The lowest BCUT2D eigenvalue weighted by atomic mass is 10.1. The van der Waals surface area contributed by atoms with Gasteiger partial charge in [-0.2, -0.15) is 8.42 Å². The van der Waals surface area contributed by atoms with Crippen molar-refractivity contribution >= 4 is 10.1 Å². The Morgan fingerprint density at radius 2 is 1.77 bits per heavy atom. The molecule has 4 N–H and O–H groups in total. The molecule has 0 spiro atoms. The van der Waals surface area contributed by atoms with Gasteiger partial charge >= 0.3 is 0 Å². The summed E-state index contributed by atoms with van der Waals surface area (Å²) in [5.74, 6) is 0.113. The number of aromatic nitrogens is 2. The molecule has 11 heteroatoms. The van der Waals surface area contributed by atoms with E-state index in [1.807, 2.05) is 0 Å². The fourth-order valence-corrected chi connectivity index (χ4v) is 3.25. The van der Waals surface area contributed by atoms with Crippen LogP contribution in [0.25, 0.3) is 11.3 Å². The monoisotopic (exact) mass is 384 g/mol. The molecule has 2 aromatic rings. The highest BCUT2D eigenvalue weighted by molar-refractivity contribution is 7.86. The molecule has 1 aliphatic heterocycles. The van der Waals surface area contributed by atoms with Crippen LogP contribution in [0.2, 0.25) is 0 Å². The molecule has 0 aliphatic carbocycles. The largest absolute Gasteiger partial charge is 0.460 e. The quantitative estimate of drug-likeness (QED) is 0.490. The topological polar surface area (TPSA) is 159 Å². The average molecular weight is 384 g/mol. The second kappa shape index (κ2) is 7.23. The van der Waals surface area contributed by atoms with Crippen LogP contribution in [0.5, 0.6) is 5.75 Å². The molecule has 0 radical (unpaired) electrons. The molecule has 26 heavy (non-hydrogen) atoms. The smallest absolute Gasteiger partial charge is 0.295 e. The molecule has 0 amide bonds. The lowest BCUT2D eigenvalue weighted by Gasteiger charge is -2.38. The van der Waals surface area contributed by atoms with Crippen molar-refractivity contribution in [2.24, 2.45) is 0 Å².